The molecule has 1 aromatic heterocycles. The third-order valence-corrected chi connectivity index (χ3v) is 6.12. The number of imidazole rings is 1. The largest absolute Gasteiger partial charge is 0.479 e. The van der Waals surface area contributed by atoms with E-state index in [-0.39, 0.29) is 24.5 Å². The predicted molar refractivity (Wildman–Crippen MR) is 109 cm³/mol. The van der Waals surface area contributed by atoms with Crippen molar-refractivity contribution < 1.29 is 29.0 Å². The van der Waals surface area contributed by atoms with Crippen molar-refractivity contribution in [1.82, 2.24) is 19.8 Å². The average Bonchev–Trinajstić information content (AvgIpc) is 3.30. The Labute approximate surface area is 180 Å². The van der Waals surface area contributed by atoms with Crippen molar-refractivity contribution in [3.63, 3.8) is 0 Å². The van der Waals surface area contributed by atoms with Gasteiger partial charge >= 0.3 is 12.1 Å². The van der Waals surface area contributed by atoms with Crippen LogP contribution in [0.1, 0.15) is 5.56 Å². The number of carboxylic acid groups (broad SMARTS) is 1. The Balaban J connectivity index is 1.40. The molecule has 1 aromatic carbocycles. The summed E-state index contributed by atoms with van der Waals surface area (Å²) in [6, 6.07) is 7.02. The molecular formula is C20H18N4O6S. The van der Waals surface area contributed by atoms with Gasteiger partial charge in [0.15, 0.2) is 6.04 Å². The topological polar surface area (TPSA) is 131 Å². The molecule has 3 heterocycles. The number of aromatic nitrogens is 2. The summed E-state index contributed by atoms with van der Waals surface area (Å²) in [5.41, 5.74) is 1.08. The second kappa shape index (κ2) is 8.64. The van der Waals surface area contributed by atoms with Crippen LogP contribution in [0.3, 0.4) is 0 Å². The van der Waals surface area contributed by atoms with Crippen LogP contribution in [0.5, 0.6) is 0 Å². The van der Waals surface area contributed by atoms with Gasteiger partial charge in [-0.2, -0.15) is 0 Å². The molecule has 10 nitrogen and oxygen atoms in total. The lowest BCUT2D eigenvalue weighted by atomic mass is 9.98. The average molecular weight is 442 g/mol. The minimum absolute atomic E-state index is 0.121. The fourth-order valence-electron chi connectivity index (χ4n) is 3.42. The molecule has 1 fully saturated rings. The van der Waals surface area contributed by atoms with Crippen molar-refractivity contribution >= 4 is 35.6 Å². The fourth-order valence-corrected chi connectivity index (χ4v) is 4.63. The third-order valence-electron chi connectivity index (χ3n) is 4.90. The smallest absolute Gasteiger partial charge is 0.419 e. The molecule has 4 rings (SSSR count). The van der Waals surface area contributed by atoms with E-state index in [0.29, 0.717) is 0 Å². The number of carbonyl (C=O) groups excluding carboxylic acids is 3. The molecule has 1 saturated heterocycles. The maximum atomic E-state index is 12.7. The highest BCUT2D eigenvalue weighted by molar-refractivity contribution is 8.02. The van der Waals surface area contributed by atoms with E-state index in [2.05, 4.69) is 10.3 Å². The van der Waals surface area contributed by atoms with Crippen molar-refractivity contribution in [2.45, 2.75) is 23.9 Å². The van der Waals surface area contributed by atoms with Gasteiger partial charge in [0.1, 0.15) is 24.3 Å². The van der Waals surface area contributed by atoms with Gasteiger partial charge in [-0.05, 0) is 11.0 Å². The van der Waals surface area contributed by atoms with Gasteiger partial charge in [0, 0.05) is 18.0 Å². The molecular weight excluding hydrogens is 424 g/mol. The third kappa shape index (κ3) is 4.17. The number of aliphatic carboxylic acids is 1. The molecule has 2 aliphatic rings. The van der Waals surface area contributed by atoms with Crippen molar-refractivity contribution in [2.75, 3.05) is 6.61 Å². The van der Waals surface area contributed by atoms with Gasteiger partial charge in [-0.1, -0.05) is 30.3 Å². The number of hydrogen-bond acceptors (Lipinski definition) is 7. The molecule has 0 bridgehead atoms. The summed E-state index contributed by atoms with van der Waals surface area (Å²) < 4.78 is 6.25. The Morgan fingerprint density at radius 2 is 2.00 bits per heavy atom. The van der Waals surface area contributed by atoms with E-state index >= 15 is 0 Å². The number of carboxylic acids is 1. The van der Waals surface area contributed by atoms with Gasteiger partial charge in [-0.15, -0.1) is 11.8 Å². The van der Waals surface area contributed by atoms with Crippen LogP contribution < -0.4 is 5.32 Å². The summed E-state index contributed by atoms with van der Waals surface area (Å²) in [7, 11) is 0. The van der Waals surface area contributed by atoms with Crippen LogP contribution in [0.4, 0.5) is 4.79 Å². The zero-order chi connectivity index (χ0) is 22.0. The molecule has 0 aliphatic carbocycles. The van der Waals surface area contributed by atoms with Crippen molar-refractivity contribution in [3.05, 3.63) is 65.6 Å². The zero-order valence-corrected chi connectivity index (χ0v) is 16.9. The first-order valence-electron chi connectivity index (χ1n) is 9.33. The van der Waals surface area contributed by atoms with Gasteiger partial charge < -0.3 is 20.1 Å². The lowest BCUT2D eigenvalue weighted by Gasteiger charge is -2.51. The molecule has 11 heteroatoms. The van der Waals surface area contributed by atoms with Gasteiger partial charge in [-0.25, -0.2) is 19.1 Å². The van der Waals surface area contributed by atoms with Crippen LogP contribution in [-0.4, -0.2) is 67.5 Å². The minimum Gasteiger partial charge on any atom is -0.479 e. The van der Waals surface area contributed by atoms with E-state index in [9.17, 15) is 24.3 Å². The Hall–Kier alpha value is -3.60. The molecule has 0 radical (unpaired) electrons. The molecule has 0 spiro atoms. The molecule has 2 unspecified atom stereocenters. The van der Waals surface area contributed by atoms with Crippen molar-refractivity contribution in [1.29, 1.82) is 0 Å². The standard InChI is InChI=1S/C20H18N4O6S/c25-14(8-12-4-2-1-3-5-12)22-15-17(26)24-16(19(27)28)13(10-31-18(15)24)9-30-20(29)23-7-6-21-11-23/h1-7,10-11,15-16,18H,8-9H2,(H,22,25)(H,27,28)/t15?,16?,18-/m1/s1. The van der Waals surface area contributed by atoms with Crippen molar-refractivity contribution in [3.8, 4) is 0 Å². The number of nitrogens with zero attached hydrogens (tertiary/aromatic N) is 3. The summed E-state index contributed by atoms with van der Waals surface area (Å²) in [4.78, 5) is 53.7. The van der Waals surface area contributed by atoms with Gasteiger partial charge in [-0.3, -0.25) is 9.59 Å². The molecule has 2 aliphatic heterocycles. The van der Waals surface area contributed by atoms with Crippen LogP contribution >= 0.6 is 11.8 Å². The number of hydrogen-bond donors (Lipinski definition) is 2. The Morgan fingerprint density at radius 1 is 1.23 bits per heavy atom. The fraction of sp³-hybridized carbons (Fsp3) is 0.250. The maximum absolute atomic E-state index is 12.7. The quantitative estimate of drug-likeness (QED) is 0.630. The summed E-state index contributed by atoms with van der Waals surface area (Å²) >= 11 is 1.21. The minimum atomic E-state index is -1.27. The monoisotopic (exact) mass is 442 g/mol. The van der Waals surface area contributed by atoms with E-state index in [4.69, 9.17) is 4.74 Å². The van der Waals surface area contributed by atoms with Crippen molar-refractivity contribution in [2.24, 2.45) is 0 Å². The van der Waals surface area contributed by atoms with Crippen LogP contribution in [0.15, 0.2) is 60.0 Å². The van der Waals surface area contributed by atoms with Gasteiger partial charge in [0.2, 0.25) is 11.8 Å². The summed E-state index contributed by atoms with van der Waals surface area (Å²) in [6.45, 7) is -0.289. The number of thioether (sulfide) groups is 1. The molecule has 31 heavy (non-hydrogen) atoms. The first-order valence-corrected chi connectivity index (χ1v) is 10.3. The first kappa shape index (κ1) is 20.7. The summed E-state index contributed by atoms with van der Waals surface area (Å²) in [5, 5.41) is 13.4. The molecule has 3 atom stereocenters. The summed E-state index contributed by atoms with van der Waals surface area (Å²) in [5.74, 6) is -2.05. The Kier molecular flexibility index (Phi) is 5.76. The zero-order valence-electron chi connectivity index (χ0n) is 16.1. The number of benzene rings is 1. The molecule has 2 N–H and O–H groups in total. The number of nitrogens with one attached hydrogen (secondary N) is 1. The molecule has 0 saturated carbocycles. The number of fused-ring (bicyclic) bond motifs is 1. The van der Waals surface area contributed by atoms with E-state index in [1.807, 2.05) is 30.3 Å². The van der Waals surface area contributed by atoms with Crippen LogP contribution in [-0.2, 0) is 25.5 Å². The molecule has 160 valence electrons. The Morgan fingerprint density at radius 3 is 2.68 bits per heavy atom. The summed E-state index contributed by atoms with van der Waals surface area (Å²) in [6.07, 6.45) is 3.48. The molecule has 2 amide bonds. The lowest BCUT2D eigenvalue weighted by Crippen LogP contribution is -2.74. The number of rotatable bonds is 6. The van der Waals surface area contributed by atoms with Gasteiger partial charge in [0.05, 0.1) is 6.42 Å². The van der Waals surface area contributed by atoms with Crippen LogP contribution in [0, 0.1) is 0 Å². The second-order valence-electron chi connectivity index (χ2n) is 6.94. The Bertz CT molecular complexity index is 1040. The lowest BCUT2D eigenvalue weighted by molar-refractivity contribution is -0.160. The number of amides is 2. The van der Waals surface area contributed by atoms with Crippen LogP contribution in [0.25, 0.3) is 0 Å². The predicted octanol–water partition coefficient (Wildman–Crippen LogP) is 0.847. The first-order chi connectivity index (χ1) is 15.0. The van der Waals surface area contributed by atoms with E-state index in [1.54, 1.807) is 5.41 Å². The highest BCUT2D eigenvalue weighted by Gasteiger charge is 2.55. The van der Waals surface area contributed by atoms with E-state index < -0.39 is 35.4 Å². The van der Waals surface area contributed by atoms with Crippen LogP contribution in [0.2, 0.25) is 0 Å². The van der Waals surface area contributed by atoms with Gasteiger partial charge in [0.25, 0.3) is 0 Å². The molecule has 2 aromatic rings. The number of carbonyl (C=O) groups is 4. The maximum Gasteiger partial charge on any atom is 0.419 e. The number of β-lactam (4-membered cyclic amide) rings is 1. The highest BCUT2D eigenvalue weighted by Crippen LogP contribution is 2.40. The normalized spacial score (nSPS) is 22.1. The highest BCUT2D eigenvalue weighted by atomic mass is 32.2. The van der Waals surface area contributed by atoms with E-state index in [1.165, 1.54) is 35.4 Å². The second-order valence-corrected chi connectivity index (χ2v) is 7.93. The van der Waals surface area contributed by atoms with E-state index in [0.717, 1.165) is 10.1 Å². The number of ether oxygens (including phenoxy) is 1. The SMILES string of the molecule is O=C(Cc1ccccc1)NC1C(=O)N2C(C(=O)O)C(COC(=O)n3ccnc3)=CS[C@H]12.